The van der Waals surface area contributed by atoms with Crippen molar-refractivity contribution < 1.29 is 4.79 Å². The fourth-order valence-corrected chi connectivity index (χ4v) is 5.00. The summed E-state index contributed by atoms with van der Waals surface area (Å²) in [5, 5.41) is 0. The number of amides is 1. The normalized spacial score (nSPS) is 35.3. The standard InChI is InChI=1S/C18H33N3O.2ClH/c1-3-20(2)11-13-7-8-21(12-13)18(22)16-9-14-5-4-6-15(10-16)17(14)19;;/h13-17H,3-12,19H2,1-2H3;2*1H. The molecule has 3 atom stereocenters. The second-order valence-electron chi connectivity index (χ2n) is 7.99. The van der Waals surface area contributed by atoms with Crippen LogP contribution in [-0.2, 0) is 4.79 Å². The summed E-state index contributed by atoms with van der Waals surface area (Å²) in [7, 11) is 2.17. The maximum absolute atomic E-state index is 12.9. The molecule has 3 fully saturated rings. The molecule has 0 aromatic carbocycles. The second kappa shape index (κ2) is 9.61. The number of halogens is 2. The van der Waals surface area contributed by atoms with Gasteiger partial charge in [-0.25, -0.2) is 0 Å². The Bertz CT molecular complexity index is 396. The molecule has 3 aliphatic rings. The molecular formula is C18H35Cl2N3O. The highest BCUT2D eigenvalue weighted by atomic mass is 35.5. The van der Waals surface area contributed by atoms with Crippen LogP contribution in [0, 0.1) is 23.7 Å². The van der Waals surface area contributed by atoms with Crippen molar-refractivity contribution in [3.63, 3.8) is 0 Å². The summed E-state index contributed by atoms with van der Waals surface area (Å²) in [6.07, 6.45) is 7.07. The average molecular weight is 380 g/mol. The third-order valence-electron chi connectivity index (χ3n) is 6.47. The van der Waals surface area contributed by atoms with Crippen molar-refractivity contribution in [2.45, 2.75) is 51.5 Å². The van der Waals surface area contributed by atoms with E-state index >= 15 is 0 Å². The summed E-state index contributed by atoms with van der Waals surface area (Å²) in [5.41, 5.74) is 6.36. The lowest BCUT2D eigenvalue weighted by Crippen LogP contribution is -2.49. The number of hydrogen-bond donors (Lipinski definition) is 1. The van der Waals surface area contributed by atoms with E-state index in [9.17, 15) is 4.79 Å². The summed E-state index contributed by atoms with van der Waals surface area (Å²) in [4.78, 5) is 17.4. The minimum atomic E-state index is 0. The Hall–Kier alpha value is -0.0300. The van der Waals surface area contributed by atoms with Gasteiger partial charge in [0.25, 0.3) is 0 Å². The quantitative estimate of drug-likeness (QED) is 0.816. The van der Waals surface area contributed by atoms with E-state index in [4.69, 9.17) is 5.73 Å². The minimum absolute atomic E-state index is 0. The molecule has 0 aromatic heterocycles. The minimum Gasteiger partial charge on any atom is -0.342 e. The monoisotopic (exact) mass is 379 g/mol. The zero-order valence-corrected chi connectivity index (χ0v) is 16.8. The smallest absolute Gasteiger partial charge is 0.225 e. The fraction of sp³-hybridized carbons (Fsp3) is 0.944. The lowest BCUT2D eigenvalue weighted by Gasteiger charge is -2.44. The Kier molecular flexibility index (Phi) is 8.81. The van der Waals surface area contributed by atoms with Gasteiger partial charge in [0.2, 0.25) is 5.91 Å². The molecule has 4 nitrogen and oxygen atoms in total. The van der Waals surface area contributed by atoms with Crippen LogP contribution >= 0.6 is 24.8 Å². The van der Waals surface area contributed by atoms with E-state index in [0.29, 0.717) is 29.7 Å². The van der Waals surface area contributed by atoms with Crippen LogP contribution in [-0.4, -0.2) is 55.0 Å². The Morgan fingerprint density at radius 3 is 2.38 bits per heavy atom. The van der Waals surface area contributed by atoms with Gasteiger partial charge in [-0.15, -0.1) is 24.8 Å². The Balaban J connectivity index is 0.00000144. The zero-order valence-electron chi connectivity index (χ0n) is 15.2. The zero-order chi connectivity index (χ0) is 15.7. The van der Waals surface area contributed by atoms with Crippen molar-refractivity contribution in [2.24, 2.45) is 29.4 Å². The molecule has 0 spiro atoms. The first kappa shape index (κ1) is 22.0. The van der Waals surface area contributed by atoms with Gasteiger partial charge in [0.15, 0.2) is 0 Å². The van der Waals surface area contributed by atoms with Crippen LogP contribution in [0.5, 0.6) is 0 Å². The van der Waals surface area contributed by atoms with Crippen LogP contribution in [0.2, 0.25) is 0 Å². The highest BCUT2D eigenvalue weighted by Gasteiger charge is 2.42. The van der Waals surface area contributed by atoms with Crippen LogP contribution in [0.3, 0.4) is 0 Å². The number of hydrogen-bond acceptors (Lipinski definition) is 3. The number of nitrogens with two attached hydrogens (primary N) is 1. The van der Waals surface area contributed by atoms with Crippen molar-refractivity contribution in [3.05, 3.63) is 0 Å². The highest BCUT2D eigenvalue weighted by molar-refractivity contribution is 5.85. The maximum Gasteiger partial charge on any atom is 0.225 e. The molecule has 1 aliphatic heterocycles. The van der Waals surface area contributed by atoms with E-state index < -0.39 is 0 Å². The molecule has 2 saturated carbocycles. The first-order valence-electron chi connectivity index (χ1n) is 9.31. The Labute approximate surface area is 159 Å². The summed E-state index contributed by atoms with van der Waals surface area (Å²) >= 11 is 0. The SMILES string of the molecule is CCN(C)CC1CCN(C(=O)C2CC3CCCC(C2)C3N)C1.Cl.Cl. The van der Waals surface area contributed by atoms with Crippen LogP contribution in [0.1, 0.15) is 45.4 Å². The van der Waals surface area contributed by atoms with Gasteiger partial charge in [0.05, 0.1) is 0 Å². The van der Waals surface area contributed by atoms with E-state index in [2.05, 4.69) is 23.8 Å². The molecule has 1 saturated heterocycles. The number of nitrogens with zero attached hydrogens (tertiary/aromatic N) is 2. The number of rotatable bonds is 4. The third-order valence-corrected chi connectivity index (χ3v) is 6.47. The predicted octanol–water partition coefficient (Wildman–Crippen LogP) is 2.78. The predicted molar refractivity (Wildman–Crippen MR) is 104 cm³/mol. The van der Waals surface area contributed by atoms with Gasteiger partial charge in [-0.2, -0.15) is 0 Å². The third kappa shape index (κ3) is 4.78. The molecule has 2 bridgehead atoms. The van der Waals surface area contributed by atoms with Crippen LogP contribution in [0.15, 0.2) is 0 Å². The van der Waals surface area contributed by atoms with Gasteiger partial charge in [0, 0.05) is 31.6 Å². The van der Waals surface area contributed by atoms with Crippen molar-refractivity contribution >= 4 is 30.7 Å². The second-order valence-corrected chi connectivity index (χ2v) is 7.99. The molecule has 6 heteroatoms. The van der Waals surface area contributed by atoms with Gasteiger partial charge in [0.1, 0.15) is 0 Å². The molecule has 0 aromatic rings. The van der Waals surface area contributed by atoms with E-state index in [1.807, 2.05) is 0 Å². The number of fused-ring (bicyclic) bond motifs is 2. The van der Waals surface area contributed by atoms with E-state index in [1.165, 1.54) is 25.7 Å². The molecule has 0 radical (unpaired) electrons. The molecule has 3 rings (SSSR count). The highest BCUT2D eigenvalue weighted by Crippen LogP contribution is 2.42. The van der Waals surface area contributed by atoms with Gasteiger partial charge in [-0.1, -0.05) is 13.3 Å². The molecular weight excluding hydrogens is 345 g/mol. The van der Waals surface area contributed by atoms with Gasteiger partial charge in [-0.05, 0) is 63.5 Å². The summed E-state index contributed by atoms with van der Waals surface area (Å²) in [6, 6.07) is 0.363. The first-order chi connectivity index (χ1) is 10.6. The van der Waals surface area contributed by atoms with Crippen LogP contribution in [0.4, 0.5) is 0 Å². The van der Waals surface area contributed by atoms with Gasteiger partial charge >= 0.3 is 0 Å². The lowest BCUT2D eigenvalue weighted by atomic mass is 9.65. The molecule has 2 N–H and O–H groups in total. The average Bonchev–Trinajstić information content (AvgIpc) is 2.94. The summed E-state index contributed by atoms with van der Waals surface area (Å²) < 4.78 is 0. The van der Waals surface area contributed by atoms with Crippen LogP contribution < -0.4 is 5.73 Å². The van der Waals surface area contributed by atoms with Crippen molar-refractivity contribution in [1.82, 2.24) is 9.80 Å². The topological polar surface area (TPSA) is 49.6 Å². The first-order valence-corrected chi connectivity index (χ1v) is 9.31. The number of carbonyl (C=O) groups excluding carboxylic acids is 1. The maximum atomic E-state index is 12.9. The van der Waals surface area contributed by atoms with E-state index in [1.54, 1.807) is 0 Å². The van der Waals surface area contributed by atoms with Gasteiger partial charge in [-0.3, -0.25) is 4.79 Å². The number of likely N-dealkylation sites (tertiary alicyclic amines) is 1. The molecule has 2 aliphatic carbocycles. The van der Waals surface area contributed by atoms with Crippen molar-refractivity contribution in [1.29, 1.82) is 0 Å². The molecule has 142 valence electrons. The van der Waals surface area contributed by atoms with Crippen molar-refractivity contribution in [3.8, 4) is 0 Å². The number of carbonyl (C=O) groups is 1. The van der Waals surface area contributed by atoms with Crippen LogP contribution in [0.25, 0.3) is 0 Å². The van der Waals surface area contributed by atoms with E-state index in [0.717, 1.165) is 39.0 Å². The lowest BCUT2D eigenvalue weighted by molar-refractivity contribution is -0.137. The largest absolute Gasteiger partial charge is 0.342 e. The van der Waals surface area contributed by atoms with Gasteiger partial charge < -0.3 is 15.5 Å². The Morgan fingerprint density at radius 2 is 1.79 bits per heavy atom. The molecule has 1 heterocycles. The Morgan fingerprint density at radius 1 is 1.17 bits per heavy atom. The summed E-state index contributed by atoms with van der Waals surface area (Å²) in [6.45, 7) is 6.36. The molecule has 3 unspecified atom stereocenters. The van der Waals surface area contributed by atoms with E-state index in [-0.39, 0.29) is 30.7 Å². The molecule has 24 heavy (non-hydrogen) atoms. The van der Waals surface area contributed by atoms with Crippen molar-refractivity contribution in [2.75, 3.05) is 33.2 Å². The molecule has 1 amide bonds. The summed E-state index contributed by atoms with van der Waals surface area (Å²) in [5.74, 6) is 2.57. The fourth-order valence-electron chi connectivity index (χ4n) is 5.00.